The molecule has 0 fully saturated rings. The smallest absolute Gasteiger partial charge is 0.239 e. The van der Waals surface area contributed by atoms with Crippen molar-refractivity contribution in [2.45, 2.75) is 19.4 Å². The number of hydrogen-bond donors (Lipinski definition) is 1. The summed E-state index contributed by atoms with van der Waals surface area (Å²) in [5.74, 6) is -0.154. The Morgan fingerprint density at radius 3 is 2.68 bits per heavy atom. The topological polar surface area (TPSA) is 102 Å². The van der Waals surface area contributed by atoms with Crippen LogP contribution < -0.4 is 5.73 Å². The summed E-state index contributed by atoms with van der Waals surface area (Å²) in [6, 6.07) is 8.44. The van der Waals surface area contributed by atoms with E-state index >= 15 is 4.39 Å². The second-order valence-corrected chi connectivity index (χ2v) is 11.7. The molecule has 3 aromatic heterocycles. The number of furan rings is 1. The van der Waals surface area contributed by atoms with Crippen LogP contribution in [-0.4, -0.2) is 36.5 Å². The standard InChI is InChI=1S/C23H20ClFN4O3S2/c1-12-14(7-9-32-12)13-4-5-15(17(25)10-13)19-20-16(6-8-27-19)18(24)21(33-20)23(2)11-34(30,31)29(3)22(26)28-23/h4-10H,11H2,1-3H3,(H2,26,28). The van der Waals surface area contributed by atoms with Crippen LogP contribution in [0.5, 0.6) is 0 Å². The summed E-state index contributed by atoms with van der Waals surface area (Å²) in [6.45, 7) is 3.49. The highest BCUT2D eigenvalue weighted by molar-refractivity contribution is 7.89. The van der Waals surface area contributed by atoms with Gasteiger partial charge < -0.3 is 10.2 Å². The highest BCUT2D eigenvalue weighted by Gasteiger charge is 2.43. The van der Waals surface area contributed by atoms with Gasteiger partial charge in [-0.15, -0.1) is 11.3 Å². The summed E-state index contributed by atoms with van der Waals surface area (Å²) < 4.78 is 47.5. The molecule has 0 saturated heterocycles. The lowest BCUT2D eigenvalue weighted by Gasteiger charge is -2.33. The minimum absolute atomic E-state index is 0.114. The van der Waals surface area contributed by atoms with Crippen LogP contribution in [0.2, 0.25) is 5.02 Å². The molecule has 0 spiro atoms. The van der Waals surface area contributed by atoms with Crippen LogP contribution in [0.1, 0.15) is 17.6 Å². The lowest BCUT2D eigenvalue weighted by Crippen LogP contribution is -2.50. The lowest BCUT2D eigenvalue weighted by molar-refractivity contribution is 0.482. The molecule has 34 heavy (non-hydrogen) atoms. The monoisotopic (exact) mass is 518 g/mol. The van der Waals surface area contributed by atoms with Gasteiger partial charge in [0.15, 0.2) is 0 Å². The SMILES string of the molecule is Cc1occc1-c1ccc(-c2nccc3c(Cl)c(C4(C)CS(=O)(=O)N(C)C(N)=N4)sc23)c(F)c1. The maximum atomic E-state index is 15.3. The van der Waals surface area contributed by atoms with E-state index in [1.807, 2.05) is 13.0 Å². The van der Waals surface area contributed by atoms with Gasteiger partial charge in [-0.3, -0.25) is 4.98 Å². The Bertz CT molecular complexity index is 1590. The minimum atomic E-state index is -3.68. The first-order valence-electron chi connectivity index (χ1n) is 10.3. The van der Waals surface area contributed by atoms with E-state index in [1.165, 1.54) is 24.5 Å². The Kier molecular flexibility index (Phi) is 5.23. The molecule has 0 bridgehead atoms. The molecule has 1 aliphatic rings. The number of rotatable bonds is 3. The summed E-state index contributed by atoms with van der Waals surface area (Å²) in [6.07, 6.45) is 3.12. The zero-order valence-electron chi connectivity index (χ0n) is 18.5. The number of halogens is 2. The number of guanidine groups is 1. The van der Waals surface area contributed by atoms with Crippen molar-refractivity contribution < 1.29 is 17.2 Å². The van der Waals surface area contributed by atoms with E-state index in [0.29, 0.717) is 42.6 Å². The quantitative estimate of drug-likeness (QED) is 0.405. The van der Waals surface area contributed by atoms with Crippen molar-refractivity contribution in [2.75, 3.05) is 12.8 Å². The van der Waals surface area contributed by atoms with Crippen molar-refractivity contribution in [3.05, 3.63) is 64.3 Å². The van der Waals surface area contributed by atoms with Gasteiger partial charge >= 0.3 is 0 Å². The normalized spacial score (nSPS) is 20.0. The maximum Gasteiger partial charge on any atom is 0.239 e. The Hall–Kier alpha value is -2.95. The Labute approximate surface area is 204 Å². The van der Waals surface area contributed by atoms with Crippen LogP contribution in [0.25, 0.3) is 32.5 Å². The van der Waals surface area contributed by atoms with Crippen LogP contribution in [0.4, 0.5) is 4.39 Å². The number of nitrogens with zero attached hydrogens (tertiary/aromatic N) is 3. The Morgan fingerprint density at radius 1 is 1.26 bits per heavy atom. The van der Waals surface area contributed by atoms with E-state index in [4.69, 9.17) is 21.8 Å². The predicted molar refractivity (Wildman–Crippen MR) is 133 cm³/mol. The average Bonchev–Trinajstić information content (AvgIpc) is 3.35. The zero-order chi connectivity index (χ0) is 24.4. The van der Waals surface area contributed by atoms with Crippen LogP contribution in [0.3, 0.4) is 0 Å². The zero-order valence-corrected chi connectivity index (χ0v) is 20.9. The molecule has 4 heterocycles. The number of aromatic nitrogens is 1. The molecular weight excluding hydrogens is 499 g/mol. The number of pyridine rings is 1. The Morgan fingerprint density at radius 2 is 2.03 bits per heavy atom. The first kappa shape index (κ1) is 22.8. The molecule has 0 amide bonds. The molecule has 0 aliphatic carbocycles. The molecule has 7 nitrogen and oxygen atoms in total. The summed E-state index contributed by atoms with van der Waals surface area (Å²) in [5.41, 5.74) is 6.95. The van der Waals surface area contributed by atoms with Gasteiger partial charge in [-0.25, -0.2) is 22.1 Å². The van der Waals surface area contributed by atoms with Crippen LogP contribution >= 0.6 is 22.9 Å². The molecule has 5 rings (SSSR count). The first-order valence-corrected chi connectivity index (χ1v) is 13.1. The van der Waals surface area contributed by atoms with Crippen LogP contribution in [0.15, 0.2) is 52.2 Å². The highest BCUT2D eigenvalue weighted by Crippen LogP contribution is 2.47. The molecule has 0 saturated carbocycles. The van der Waals surface area contributed by atoms with E-state index in [0.717, 1.165) is 9.87 Å². The van der Waals surface area contributed by atoms with E-state index in [2.05, 4.69) is 9.98 Å². The van der Waals surface area contributed by atoms with Gasteiger partial charge in [-0.1, -0.05) is 17.7 Å². The molecule has 1 unspecified atom stereocenters. The summed E-state index contributed by atoms with van der Waals surface area (Å²) in [4.78, 5) is 9.41. The fourth-order valence-electron chi connectivity index (χ4n) is 4.16. The number of nitrogens with two attached hydrogens (primary N) is 1. The summed E-state index contributed by atoms with van der Waals surface area (Å²) in [7, 11) is -2.32. The predicted octanol–water partition coefficient (Wildman–Crippen LogP) is 5.13. The van der Waals surface area contributed by atoms with Gasteiger partial charge in [0.1, 0.15) is 17.1 Å². The van der Waals surface area contributed by atoms with Crippen LogP contribution in [0, 0.1) is 12.7 Å². The third kappa shape index (κ3) is 3.48. The number of thiophene rings is 1. The van der Waals surface area contributed by atoms with Crippen molar-refractivity contribution in [3.8, 4) is 22.4 Å². The average molecular weight is 519 g/mol. The third-order valence-corrected chi connectivity index (χ3v) is 9.91. The fraction of sp³-hybridized carbons (Fsp3) is 0.217. The second-order valence-electron chi connectivity index (χ2n) is 8.33. The third-order valence-electron chi connectivity index (χ3n) is 5.99. The number of fused-ring (bicyclic) bond motifs is 1. The van der Waals surface area contributed by atoms with Gasteiger partial charge in [0, 0.05) is 29.8 Å². The lowest BCUT2D eigenvalue weighted by atomic mass is 10.0. The van der Waals surface area contributed by atoms with E-state index in [-0.39, 0.29) is 11.7 Å². The summed E-state index contributed by atoms with van der Waals surface area (Å²) >= 11 is 7.97. The van der Waals surface area contributed by atoms with Crippen molar-refractivity contribution in [3.63, 3.8) is 0 Å². The molecule has 4 aromatic rings. The van der Waals surface area contributed by atoms with Gasteiger partial charge in [-0.05, 0) is 43.7 Å². The number of aliphatic imine (C=N–C) groups is 1. The molecule has 0 radical (unpaired) electrons. The number of aryl methyl sites for hydroxylation is 1. The molecule has 1 atom stereocenters. The molecule has 1 aromatic carbocycles. The number of sulfonamides is 1. The van der Waals surface area contributed by atoms with E-state index in [1.54, 1.807) is 37.6 Å². The first-order chi connectivity index (χ1) is 16.0. The minimum Gasteiger partial charge on any atom is -0.469 e. The van der Waals surface area contributed by atoms with Crippen molar-refractivity contribution in [1.82, 2.24) is 9.29 Å². The fourth-order valence-corrected chi connectivity index (χ4v) is 7.50. The van der Waals surface area contributed by atoms with E-state index in [9.17, 15) is 8.42 Å². The van der Waals surface area contributed by atoms with Gasteiger partial charge in [0.05, 0.1) is 32.3 Å². The van der Waals surface area contributed by atoms with E-state index < -0.39 is 21.4 Å². The molecule has 11 heteroatoms. The summed E-state index contributed by atoms with van der Waals surface area (Å²) in [5, 5.41) is 1.00. The van der Waals surface area contributed by atoms with Crippen molar-refractivity contribution in [2.24, 2.45) is 10.7 Å². The molecular formula is C23H20ClFN4O3S2. The maximum absolute atomic E-state index is 15.3. The molecule has 2 N–H and O–H groups in total. The molecule has 1 aliphatic heterocycles. The van der Waals surface area contributed by atoms with Gasteiger partial charge in [0.2, 0.25) is 16.0 Å². The van der Waals surface area contributed by atoms with Crippen molar-refractivity contribution >= 4 is 49.0 Å². The van der Waals surface area contributed by atoms with Crippen molar-refractivity contribution in [1.29, 1.82) is 0 Å². The second kappa shape index (κ2) is 7.79. The molecule has 176 valence electrons. The largest absolute Gasteiger partial charge is 0.469 e. The Balaban J connectivity index is 1.66. The number of hydrogen-bond acceptors (Lipinski definition) is 7. The van der Waals surface area contributed by atoms with Crippen LogP contribution in [-0.2, 0) is 15.6 Å². The van der Waals surface area contributed by atoms with Gasteiger partial charge in [0.25, 0.3) is 0 Å². The number of benzene rings is 1. The highest BCUT2D eigenvalue weighted by atomic mass is 35.5. The van der Waals surface area contributed by atoms with Gasteiger partial charge in [-0.2, -0.15) is 0 Å².